The van der Waals surface area contributed by atoms with Gasteiger partial charge in [0.25, 0.3) is 11.9 Å². The zero-order valence-corrected chi connectivity index (χ0v) is 23.9. The average molecular weight is 585 g/mol. The topological polar surface area (TPSA) is 201 Å². The first-order valence-corrected chi connectivity index (χ1v) is 13.3. The number of rotatable bonds is 15. The predicted molar refractivity (Wildman–Crippen MR) is 150 cm³/mol. The summed E-state index contributed by atoms with van der Waals surface area (Å²) in [5, 5.41) is 35.0. The zero-order chi connectivity index (χ0) is 31.4. The van der Waals surface area contributed by atoms with Crippen LogP contribution in [0.3, 0.4) is 0 Å². The summed E-state index contributed by atoms with van der Waals surface area (Å²) >= 11 is 0. The lowest BCUT2D eigenvalue weighted by Gasteiger charge is -2.27. The monoisotopic (exact) mass is 585 g/mol. The number of carbonyl (C=O) groups excluding carboxylic acids is 4. The van der Waals surface area contributed by atoms with E-state index in [0.717, 1.165) is 12.7 Å². The summed E-state index contributed by atoms with van der Waals surface area (Å²) < 4.78 is 9.53. The number of carbonyl (C=O) groups is 5. The van der Waals surface area contributed by atoms with Gasteiger partial charge < -0.3 is 35.3 Å². The van der Waals surface area contributed by atoms with Gasteiger partial charge in [-0.2, -0.15) is 0 Å². The summed E-state index contributed by atoms with van der Waals surface area (Å²) in [6, 6.07) is 12.4. The van der Waals surface area contributed by atoms with E-state index < -0.39 is 73.7 Å². The number of ether oxygens (including phenoxy) is 1. The van der Waals surface area contributed by atoms with Crippen LogP contribution in [0.5, 0.6) is 0 Å². The van der Waals surface area contributed by atoms with E-state index in [4.69, 9.17) is 9.76 Å². The normalized spacial score (nSPS) is 13.7. The Morgan fingerprint density at radius 1 is 0.952 bits per heavy atom. The summed E-state index contributed by atoms with van der Waals surface area (Å²) in [6.45, 7) is 4.84. The molecule has 1 aromatic heterocycles. The number of aliphatic hydroxyl groups excluding tert-OH is 1. The summed E-state index contributed by atoms with van der Waals surface area (Å²) in [6.07, 6.45) is -2.62. The van der Waals surface area contributed by atoms with Crippen LogP contribution in [0.1, 0.15) is 50.5 Å². The van der Waals surface area contributed by atoms with Gasteiger partial charge in [0.05, 0.1) is 43.6 Å². The second-order valence-corrected chi connectivity index (χ2v) is 10.1. The Kier molecular flexibility index (Phi) is 13.1. The van der Waals surface area contributed by atoms with Crippen LogP contribution < -0.4 is 10.6 Å². The van der Waals surface area contributed by atoms with Gasteiger partial charge in [-0.05, 0) is 31.4 Å². The van der Waals surface area contributed by atoms with E-state index in [9.17, 15) is 34.1 Å². The molecule has 2 rings (SSSR count). The molecular weight excluding hydrogens is 549 g/mol. The van der Waals surface area contributed by atoms with Crippen LogP contribution in [0.2, 0.25) is 0 Å². The highest BCUT2D eigenvalue weighted by molar-refractivity contribution is 6.47. The van der Waals surface area contributed by atoms with Crippen LogP contribution in [-0.2, 0) is 28.6 Å². The van der Waals surface area contributed by atoms with Crippen LogP contribution in [0.4, 0.5) is 0 Å². The number of methoxy groups -OCH3 is 1. The van der Waals surface area contributed by atoms with Crippen molar-refractivity contribution >= 4 is 36.8 Å². The van der Waals surface area contributed by atoms with Crippen molar-refractivity contribution < 1.29 is 48.6 Å². The molecule has 14 heteroatoms. The van der Waals surface area contributed by atoms with Gasteiger partial charge in [-0.1, -0.05) is 50.2 Å². The quantitative estimate of drug-likeness (QED) is 0.147. The smallest absolute Gasteiger partial charge is 0.508 e. The molecule has 1 unspecified atom stereocenters. The van der Waals surface area contributed by atoms with Gasteiger partial charge in [-0.25, -0.2) is 4.98 Å². The predicted octanol–water partition coefficient (Wildman–Crippen LogP) is 0.976. The number of aliphatic carboxylic acids is 1. The number of amides is 2. The van der Waals surface area contributed by atoms with Gasteiger partial charge in [0.1, 0.15) is 11.7 Å². The molecule has 0 aliphatic heterocycles. The van der Waals surface area contributed by atoms with Crippen LogP contribution in [0.15, 0.2) is 48.5 Å². The van der Waals surface area contributed by atoms with E-state index in [-0.39, 0.29) is 18.0 Å². The first kappa shape index (κ1) is 33.9. The molecule has 4 atom stereocenters. The molecule has 226 valence electrons. The Balaban J connectivity index is 2.17. The summed E-state index contributed by atoms with van der Waals surface area (Å²) in [7, 11) is -0.866. The first-order chi connectivity index (χ1) is 19.8. The lowest BCUT2D eigenvalue weighted by molar-refractivity contribution is -0.152. The summed E-state index contributed by atoms with van der Waals surface area (Å²) in [4.78, 5) is 66.0. The van der Waals surface area contributed by atoms with Gasteiger partial charge in [0.15, 0.2) is 0 Å². The van der Waals surface area contributed by atoms with Crippen molar-refractivity contribution in [1.82, 2.24) is 15.6 Å². The third kappa shape index (κ3) is 10.6. The highest BCUT2D eigenvalue weighted by Gasteiger charge is 2.38. The standard InChI is InChI=1S/C28H36BN3O10/c1-16(2)13-22(29(40)42-28(39)19(14-23(34)35)15-24(36)41-4)31-27(38)25(17(3)33)32-26(37)21-12-8-11-20(30-21)18-9-6-5-7-10-18/h5-12,16-17,19,22,25,33,40H,13-15H2,1-4H3,(H,31,38)(H,32,37)(H,34,35)/t17-,19?,22+,25+/m1/s1. The van der Waals surface area contributed by atoms with Crippen LogP contribution in [0.25, 0.3) is 11.3 Å². The number of hydrogen-bond donors (Lipinski definition) is 5. The molecule has 5 N–H and O–H groups in total. The van der Waals surface area contributed by atoms with Gasteiger partial charge in [-0.15, -0.1) is 0 Å². The zero-order valence-electron chi connectivity index (χ0n) is 23.9. The maximum absolute atomic E-state index is 13.2. The number of aromatic nitrogens is 1. The number of benzene rings is 1. The van der Waals surface area contributed by atoms with Gasteiger partial charge in [0, 0.05) is 5.56 Å². The molecule has 0 aliphatic carbocycles. The molecule has 0 aliphatic rings. The Bertz CT molecular complexity index is 1240. The molecule has 2 aromatic rings. The number of carboxylic acids is 1. The van der Waals surface area contributed by atoms with Crippen molar-refractivity contribution in [2.45, 2.75) is 58.1 Å². The fourth-order valence-electron chi connectivity index (χ4n) is 4.01. The van der Waals surface area contributed by atoms with Crippen molar-refractivity contribution in [3.05, 3.63) is 54.2 Å². The minimum absolute atomic E-state index is 0.00224. The number of nitrogens with zero attached hydrogens (tertiary/aromatic N) is 1. The molecular formula is C28H36BN3O10. The molecule has 2 amide bonds. The SMILES string of the molecule is COC(=O)CC(CC(=O)O)C(=O)OB(O)[C@H](CC(C)C)NC(=O)[C@@H](NC(=O)c1cccc(-c2ccccc2)n1)[C@@H](C)O. The number of pyridine rings is 1. The molecule has 0 bridgehead atoms. The fraction of sp³-hybridized carbons (Fsp3) is 0.429. The Labute approximate surface area is 243 Å². The van der Waals surface area contributed by atoms with E-state index in [1.165, 1.54) is 13.0 Å². The van der Waals surface area contributed by atoms with E-state index in [0.29, 0.717) is 5.69 Å². The second kappa shape index (κ2) is 16.2. The highest BCUT2D eigenvalue weighted by Crippen LogP contribution is 2.17. The maximum atomic E-state index is 13.2. The van der Waals surface area contributed by atoms with E-state index in [2.05, 4.69) is 20.4 Å². The van der Waals surface area contributed by atoms with Crippen molar-refractivity contribution in [3.8, 4) is 11.3 Å². The average Bonchev–Trinajstić information content (AvgIpc) is 2.94. The van der Waals surface area contributed by atoms with Crippen molar-refractivity contribution in [2.24, 2.45) is 11.8 Å². The Morgan fingerprint density at radius 2 is 1.62 bits per heavy atom. The Morgan fingerprint density at radius 3 is 2.19 bits per heavy atom. The number of nitrogens with one attached hydrogen (secondary N) is 2. The number of carboxylic acid groups (broad SMARTS) is 1. The second-order valence-electron chi connectivity index (χ2n) is 10.1. The van der Waals surface area contributed by atoms with Crippen molar-refractivity contribution in [2.75, 3.05) is 7.11 Å². The molecule has 13 nitrogen and oxygen atoms in total. The lowest BCUT2D eigenvalue weighted by atomic mass is 9.74. The molecule has 0 saturated heterocycles. The summed E-state index contributed by atoms with van der Waals surface area (Å²) in [5.41, 5.74) is 1.29. The molecule has 1 heterocycles. The molecule has 0 saturated carbocycles. The number of aliphatic hydroxyl groups is 1. The van der Waals surface area contributed by atoms with Crippen molar-refractivity contribution in [3.63, 3.8) is 0 Å². The third-order valence-electron chi connectivity index (χ3n) is 6.13. The maximum Gasteiger partial charge on any atom is 0.548 e. The third-order valence-corrected chi connectivity index (χ3v) is 6.13. The largest absolute Gasteiger partial charge is 0.548 e. The molecule has 0 spiro atoms. The number of esters is 1. The molecule has 0 radical (unpaired) electrons. The fourth-order valence-corrected chi connectivity index (χ4v) is 4.01. The highest BCUT2D eigenvalue weighted by atomic mass is 16.6. The van der Waals surface area contributed by atoms with Gasteiger partial charge >= 0.3 is 19.1 Å². The molecule has 42 heavy (non-hydrogen) atoms. The van der Waals surface area contributed by atoms with E-state index in [1.54, 1.807) is 26.0 Å². The van der Waals surface area contributed by atoms with Gasteiger partial charge in [-0.3, -0.25) is 24.0 Å². The van der Waals surface area contributed by atoms with Crippen molar-refractivity contribution in [1.29, 1.82) is 0 Å². The molecule has 1 aromatic carbocycles. The summed E-state index contributed by atoms with van der Waals surface area (Å²) in [5.74, 6) is -7.79. The van der Waals surface area contributed by atoms with Gasteiger partial charge in [0.2, 0.25) is 5.91 Å². The van der Waals surface area contributed by atoms with E-state index >= 15 is 0 Å². The minimum Gasteiger partial charge on any atom is -0.508 e. The van der Waals surface area contributed by atoms with Crippen LogP contribution in [-0.4, -0.2) is 82.3 Å². The Hall–Kier alpha value is -4.30. The van der Waals surface area contributed by atoms with Crippen LogP contribution in [0, 0.1) is 11.8 Å². The van der Waals surface area contributed by atoms with Crippen LogP contribution >= 0.6 is 0 Å². The van der Waals surface area contributed by atoms with E-state index in [1.807, 2.05) is 30.3 Å². The lowest BCUT2D eigenvalue weighted by Crippen LogP contribution is -2.58. The minimum atomic E-state index is -1.94. The molecule has 0 fully saturated rings. The first-order valence-electron chi connectivity index (χ1n) is 13.3. The number of hydrogen-bond acceptors (Lipinski definition) is 10.